The zero-order valence-corrected chi connectivity index (χ0v) is 16.8. The van der Waals surface area contributed by atoms with Crippen LogP contribution in [0.25, 0.3) is 33.5 Å². The summed E-state index contributed by atoms with van der Waals surface area (Å²) in [6.07, 6.45) is 5.22. The molecule has 3 aromatic heterocycles. The molecule has 6 rings (SSSR count). The smallest absolute Gasteiger partial charge is 0.270 e. The number of rotatable bonds is 3. The Morgan fingerprint density at radius 2 is 1.84 bits per heavy atom. The van der Waals surface area contributed by atoms with Crippen molar-refractivity contribution in [1.82, 2.24) is 25.3 Å². The summed E-state index contributed by atoms with van der Waals surface area (Å²) in [6, 6.07) is 17.3. The van der Waals surface area contributed by atoms with Crippen LogP contribution < -0.4 is 16.0 Å². The van der Waals surface area contributed by atoms with Crippen LogP contribution in [0.1, 0.15) is 27.7 Å². The van der Waals surface area contributed by atoms with Gasteiger partial charge in [-0.25, -0.2) is 19.9 Å². The molecule has 0 saturated carbocycles. The summed E-state index contributed by atoms with van der Waals surface area (Å²) in [5.74, 6) is 0.535. The summed E-state index contributed by atoms with van der Waals surface area (Å²) in [5.41, 5.74) is 12.8. The highest BCUT2D eigenvalue weighted by atomic mass is 16.1. The van der Waals surface area contributed by atoms with Crippen molar-refractivity contribution in [3.63, 3.8) is 0 Å². The van der Waals surface area contributed by atoms with Crippen molar-refractivity contribution < 1.29 is 9.78 Å². The predicted octanol–water partition coefficient (Wildman–Crippen LogP) is 2.92. The number of nitrogen functional groups attached to an aromatic ring is 1. The van der Waals surface area contributed by atoms with Gasteiger partial charge in [-0.1, -0.05) is 42.5 Å². The monoisotopic (exact) mass is 420 g/mol. The first-order valence-electron chi connectivity index (χ1n) is 10.2. The summed E-state index contributed by atoms with van der Waals surface area (Å²) in [4.78, 5) is 32.1. The van der Waals surface area contributed by atoms with Gasteiger partial charge in [0.05, 0.1) is 6.04 Å². The molecule has 0 bridgehead atoms. The molecule has 8 heteroatoms. The van der Waals surface area contributed by atoms with Crippen LogP contribution in [0.4, 0.5) is 5.95 Å². The molecule has 5 aromatic rings. The van der Waals surface area contributed by atoms with E-state index in [9.17, 15) is 4.79 Å². The molecule has 1 aliphatic carbocycles. The van der Waals surface area contributed by atoms with E-state index in [4.69, 9.17) is 10.7 Å². The van der Waals surface area contributed by atoms with Crippen molar-refractivity contribution in [2.45, 2.75) is 6.04 Å². The Morgan fingerprint density at radius 1 is 1.00 bits per heavy atom. The van der Waals surface area contributed by atoms with Crippen LogP contribution in [0.15, 0.2) is 73.2 Å². The quantitative estimate of drug-likeness (QED) is 0.414. The molecule has 1 unspecified atom stereocenters. The molecule has 32 heavy (non-hydrogen) atoms. The lowest BCUT2D eigenvalue weighted by molar-refractivity contribution is -0.376. The lowest BCUT2D eigenvalue weighted by Gasteiger charge is -2.16. The second-order valence-corrected chi connectivity index (χ2v) is 7.59. The first-order valence-corrected chi connectivity index (χ1v) is 10.2. The lowest BCUT2D eigenvalue weighted by Crippen LogP contribution is -2.29. The summed E-state index contributed by atoms with van der Waals surface area (Å²) >= 11 is 0. The number of nitrogens with one attached hydrogen (secondary N) is 3. The first kappa shape index (κ1) is 18.2. The topological polar surface area (TPSA) is 124 Å². The number of carbonyl (C=O) groups excluding carboxylic acids is 1. The molecule has 3 heterocycles. The number of carbonyl (C=O) groups is 1. The first-order chi connectivity index (χ1) is 15.7. The maximum atomic E-state index is 13.0. The SMILES string of the molecule is Nc1nccc(C(=O)NC2c3ccccc3-c3c(-c4nc5cc[nH+]cc5[nH]4)cccc32)n1. The highest BCUT2D eigenvalue weighted by Gasteiger charge is 2.32. The largest absolute Gasteiger partial charge is 0.368 e. The minimum atomic E-state index is -0.317. The van der Waals surface area contributed by atoms with Gasteiger partial charge in [-0.2, -0.15) is 0 Å². The zero-order chi connectivity index (χ0) is 21.7. The molecule has 0 fully saturated rings. The molecule has 1 atom stereocenters. The molecule has 1 amide bonds. The summed E-state index contributed by atoms with van der Waals surface area (Å²) < 4.78 is 0. The number of nitrogens with two attached hydrogens (primary N) is 1. The number of hydrogen-bond donors (Lipinski definition) is 3. The average molecular weight is 420 g/mol. The third kappa shape index (κ3) is 2.81. The summed E-state index contributed by atoms with van der Waals surface area (Å²) in [7, 11) is 0. The molecule has 0 radical (unpaired) electrons. The van der Waals surface area contributed by atoms with Crippen LogP contribution in [0.2, 0.25) is 0 Å². The molecular formula is C24H18N7O+. The van der Waals surface area contributed by atoms with E-state index in [2.05, 4.69) is 31.3 Å². The normalized spacial score (nSPS) is 14.2. The van der Waals surface area contributed by atoms with E-state index in [1.165, 1.54) is 6.20 Å². The van der Waals surface area contributed by atoms with Crippen LogP contribution in [0.3, 0.4) is 0 Å². The van der Waals surface area contributed by atoms with Gasteiger partial charge in [0.15, 0.2) is 12.4 Å². The van der Waals surface area contributed by atoms with Crippen molar-refractivity contribution in [1.29, 1.82) is 0 Å². The van der Waals surface area contributed by atoms with E-state index in [1.54, 1.807) is 6.07 Å². The number of H-pyrrole nitrogens is 2. The fourth-order valence-electron chi connectivity index (χ4n) is 4.34. The van der Waals surface area contributed by atoms with Gasteiger partial charge in [-0.3, -0.25) is 4.79 Å². The van der Waals surface area contributed by atoms with Gasteiger partial charge in [0, 0.05) is 17.8 Å². The Hall–Kier alpha value is -4.59. The Kier molecular flexibility index (Phi) is 3.97. The van der Waals surface area contributed by atoms with E-state index in [0.717, 1.165) is 44.7 Å². The maximum absolute atomic E-state index is 13.0. The molecule has 8 nitrogen and oxygen atoms in total. The van der Waals surface area contributed by atoms with E-state index in [-0.39, 0.29) is 23.6 Å². The van der Waals surface area contributed by atoms with Gasteiger partial charge < -0.3 is 16.0 Å². The average Bonchev–Trinajstić information content (AvgIpc) is 3.39. The number of anilines is 1. The molecule has 1 aliphatic rings. The molecule has 0 aliphatic heterocycles. The molecule has 154 valence electrons. The number of benzene rings is 2. The number of nitrogens with zero attached hydrogens (tertiary/aromatic N) is 3. The number of fused-ring (bicyclic) bond motifs is 4. The van der Waals surface area contributed by atoms with Crippen LogP contribution in [0, 0.1) is 0 Å². The second-order valence-electron chi connectivity index (χ2n) is 7.59. The third-order valence-corrected chi connectivity index (χ3v) is 5.71. The molecule has 0 spiro atoms. The summed E-state index contributed by atoms with van der Waals surface area (Å²) in [6.45, 7) is 0. The fourth-order valence-corrected chi connectivity index (χ4v) is 4.34. The zero-order valence-electron chi connectivity index (χ0n) is 16.8. The van der Waals surface area contributed by atoms with E-state index in [1.807, 2.05) is 54.9 Å². The number of aromatic amines is 2. The molecule has 2 aromatic carbocycles. The highest BCUT2D eigenvalue weighted by Crippen LogP contribution is 2.47. The van der Waals surface area contributed by atoms with E-state index in [0.29, 0.717) is 0 Å². The number of aromatic nitrogens is 5. The molecular weight excluding hydrogens is 402 g/mol. The minimum absolute atomic E-state index is 0.0642. The standard InChI is InChI=1S/C24H17N7O/c25-24-27-11-9-18(30-24)23(32)31-21-14-5-2-1-4-13(14)20-15(21)6-3-7-16(20)22-28-17-8-10-26-12-19(17)29-22/h1-12,21H,(H,28,29)(H,31,32)(H2,25,27,30)/p+1. The third-order valence-electron chi connectivity index (χ3n) is 5.71. The van der Waals surface area contributed by atoms with Crippen molar-refractivity contribution in [3.05, 3.63) is 90.0 Å². The van der Waals surface area contributed by atoms with Crippen LogP contribution in [0.5, 0.6) is 0 Å². The van der Waals surface area contributed by atoms with E-state index < -0.39 is 0 Å². The van der Waals surface area contributed by atoms with Crippen LogP contribution in [-0.4, -0.2) is 25.8 Å². The number of pyridine rings is 1. The van der Waals surface area contributed by atoms with Crippen molar-refractivity contribution in [2.75, 3.05) is 5.73 Å². The Balaban J connectivity index is 1.48. The molecule has 5 N–H and O–H groups in total. The van der Waals surface area contributed by atoms with Gasteiger partial charge in [0.1, 0.15) is 22.6 Å². The lowest BCUT2D eigenvalue weighted by atomic mass is 9.99. The van der Waals surface area contributed by atoms with Crippen LogP contribution in [-0.2, 0) is 0 Å². The Morgan fingerprint density at radius 3 is 2.72 bits per heavy atom. The Bertz CT molecular complexity index is 1470. The van der Waals surface area contributed by atoms with Gasteiger partial charge in [0.25, 0.3) is 5.91 Å². The molecule has 0 saturated heterocycles. The van der Waals surface area contributed by atoms with Gasteiger partial charge >= 0.3 is 0 Å². The van der Waals surface area contributed by atoms with Crippen molar-refractivity contribution in [3.8, 4) is 22.5 Å². The number of amides is 1. The highest BCUT2D eigenvalue weighted by molar-refractivity contribution is 5.96. The van der Waals surface area contributed by atoms with Gasteiger partial charge in [-0.05, 0) is 28.3 Å². The predicted molar refractivity (Wildman–Crippen MR) is 119 cm³/mol. The second kappa shape index (κ2) is 6.98. The Labute approximate surface area is 182 Å². The van der Waals surface area contributed by atoms with Crippen molar-refractivity contribution in [2.24, 2.45) is 0 Å². The minimum Gasteiger partial charge on any atom is -0.368 e. The number of imidazole rings is 1. The fraction of sp³-hybridized carbons (Fsp3) is 0.0417. The number of hydrogen-bond acceptors (Lipinski definition) is 5. The van der Waals surface area contributed by atoms with Gasteiger partial charge in [0.2, 0.25) is 5.95 Å². The van der Waals surface area contributed by atoms with Gasteiger partial charge in [-0.15, -0.1) is 0 Å². The summed E-state index contributed by atoms with van der Waals surface area (Å²) in [5, 5.41) is 3.12. The van der Waals surface area contributed by atoms with Crippen molar-refractivity contribution >= 4 is 22.9 Å². The van der Waals surface area contributed by atoms with E-state index >= 15 is 0 Å². The maximum Gasteiger partial charge on any atom is 0.270 e. The van der Waals surface area contributed by atoms with Crippen LogP contribution >= 0.6 is 0 Å².